The molecule has 1 aliphatic heterocycles. The van der Waals surface area contributed by atoms with Gasteiger partial charge in [-0.05, 0) is 74.3 Å². The number of amides is 1. The molecular formula is C22H28N2O3S. The molecule has 0 saturated carbocycles. The van der Waals surface area contributed by atoms with Gasteiger partial charge in [-0.3, -0.25) is 4.79 Å². The van der Waals surface area contributed by atoms with E-state index < -0.39 is 10.0 Å². The van der Waals surface area contributed by atoms with Gasteiger partial charge in [-0.15, -0.1) is 0 Å². The summed E-state index contributed by atoms with van der Waals surface area (Å²) in [5.41, 5.74) is 3.10. The van der Waals surface area contributed by atoms with Gasteiger partial charge in [0.05, 0.1) is 4.90 Å². The predicted molar refractivity (Wildman–Crippen MR) is 111 cm³/mol. The zero-order valence-corrected chi connectivity index (χ0v) is 17.3. The maximum absolute atomic E-state index is 12.9. The molecule has 150 valence electrons. The number of aryl methyl sites for hydroxylation is 2. The van der Waals surface area contributed by atoms with Gasteiger partial charge in [0.15, 0.2) is 0 Å². The Bertz CT molecular complexity index is 947. The molecule has 0 radical (unpaired) electrons. The molecule has 1 saturated heterocycles. The molecular weight excluding hydrogens is 372 g/mol. The Kier molecular flexibility index (Phi) is 6.20. The number of carbonyl (C=O) groups is 1. The maximum Gasteiger partial charge on any atom is 0.253 e. The van der Waals surface area contributed by atoms with Gasteiger partial charge in [0, 0.05) is 18.7 Å². The van der Waals surface area contributed by atoms with Crippen LogP contribution in [-0.2, 0) is 16.4 Å². The van der Waals surface area contributed by atoms with Gasteiger partial charge in [-0.1, -0.05) is 30.3 Å². The molecule has 6 heteroatoms. The molecule has 1 heterocycles. The smallest absolute Gasteiger partial charge is 0.253 e. The maximum atomic E-state index is 12.9. The molecule has 1 aliphatic rings. The lowest BCUT2D eigenvalue weighted by Crippen LogP contribution is -2.38. The Labute approximate surface area is 167 Å². The first-order valence-electron chi connectivity index (χ1n) is 9.73. The monoisotopic (exact) mass is 400 g/mol. The van der Waals surface area contributed by atoms with Crippen molar-refractivity contribution in [2.75, 3.05) is 13.1 Å². The molecule has 5 nitrogen and oxygen atoms in total. The first kappa shape index (κ1) is 20.6. The van der Waals surface area contributed by atoms with E-state index in [0.717, 1.165) is 31.2 Å². The number of nitrogens with two attached hydrogens (primary N) is 1. The predicted octanol–water partition coefficient (Wildman–Crippen LogP) is 3.44. The van der Waals surface area contributed by atoms with Crippen LogP contribution in [0.2, 0.25) is 0 Å². The lowest BCUT2D eigenvalue weighted by Gasteiger charge is -2.32. The van der Waals surface area contributed by atoms with Crippen LogP contribution in [0.1, 0.15) is 46.3 Å². The van der Waals surface area contributed by atoms with Gasteiger partial charge in [-0.2, -0.15) is 0 Å². The number of carbonyl (C=O) groups excluding carboxylic acids is 1. The van der Waals surface area contributed by atoms with Crippen LogP contribution >= 0.6 is 0 Å². The van der Waals surface area contributed by atoms with Gasteiger partial charge in [0.1, 0.15) is 0 Å². The van der Waals surface area contributed by atoms with E-state index >= 15 is 0 Å². The molecule has 2 aromatic carbocycles. The normalized spacial score (nSPS) is 15.6. The van der Waals surface area contributed by atoms with E-state index in [0.29, 0.717) is 30.1 Å². The molecule has 1 amide bonds. The fourth-order valence-corrected chi connectivity index (χ4v) is 4.75. The van der Waals surface area contributed by atoms with Crippen molar-refractivity contribution in [3.63, 3.8) is 0 Å². The number of likely N-dealkylation sites (tertiary alicyclic amines) is 1. The van der Waals surface area contributed by atoms with Crippen molar-refractivity contribution < 1.29 is 13.2 Å². The number of benzene rings is 2. The van der Waals surface area contributed by atoms with Gasteiger partial charge < -0.3 is 4.90 Å². The lowest BCUT2D eigenvalue weighted by molar-refractivity contribution is 0.0686. The second-order valence-electron chi connectivity index (χ2n) is 7.72. The van der Waals surface area contributed by atoms with E-state index in [1.165, 1.54) is 11.6 Å². The fraction of sp³-hybridized carbons (Fsp3) is 0.409. The summed E-state index contributed by atoms with van der Waals surface area (Å²) in [6.45, 7) is 4.92. The standard InChI is InChI=1S/C22H28N2O3S/c1-16-14-20(15-21(17(16)2)28(23,26)27)22(25)24-12-10-19(11-13-24)9-8-18-6-4-3-5-7-18/h3-7,14-15,19H,8-13H2,1-2H3,(H2,23,26,27). The highest BCUT2D eigenvalue weighted by molar-refractivity contribution is 7.89. The molecule has 1 fully saturated rings. The van der Waals surface area contributed by atoms with Crippen molar-refractivity contribution in [1.82, 2.24) is 4.90 Å². The topological polar surface area (TPSA) is 80.5 Å². The Morgan fingerprint density at radius 1 is 1.11 bits per heavy atom. The van der Waals surface area contributed by atoms with Crippen LogP contribution < -0.4 is 5.14 Å². The third-order valence-corrected chi connectivity index (χ3v) is 6.80. The number of rotatable bonds is 5. The highest BCUT2D eigenvalue weighted by atomic mass is 32.2. The summed E-state index contributed by atoms with van der Waals surface area (Å²) in [5, 5.41) is 5.32. The Balaban J connectivity index is 1.63. The van der Waals surface area contributed by atoms with Gasteiger partial charge in [0.2, 0.25) is 10.0 Å². The van der Waals surface area contributed by atoms with Crippen molar-refractivity contribution in [2.45, 2.75) is 44.4 Å². The van der Waals surface area contributed by atoms with E-state index in [1.807, 2.05) is 11.0 Å². The van der Waals surface area contributed by atoms with E-state index in [2.05, 4.69) is 24.3 Å². The van der Waals surface area contributed by atoms with Crippen LogP contribution in [0.5, 0.6) is 0 Å². The van der Waals surface area contributed by atoms with E-state index in [4.69, 9.17) is 5.14 Å². The highest BCUT2D eigenvalue weighted by Gasteiger charge is 2.25. The van der Waals surface area contributed by atoms with Crippen LogP contribution in [0, 0.1) is 19.8 Å². The van der Waals surface area contributed by atoms with Crippen molar-refractivity contribution in [2.24, 2.45) is 11.1 Å². The molecule has 0 atom stereocenters. The quantitative estimate of drug-likeness (QED) is 0.835. The number of sulfonamides is 1. The van der Waals surface area contributed by atoms with Crippen molar-refractivity contribution in [3.8, 4) is 0 Å². The van der Waals surface area contributed by atoms with Crippen molar-refractivity contribution in [3.05, 3.63) is 64.7 Å². The zero-order chi connectivity index (χ0) is 20.3. The molecule has 0 spiro atoms. The molecule has 3 rings (SSSR count). The van der Waals surface area contributed by atoms with Crippen molar-refractivity contribution >= 4 is 15.9 Å². The minimum atomic E-state index is -3.86. The third kappa shape index (κ3) is 4.80. The van der Waals surface area contributed by atoms with Gasteiger partial charge in [-0.25, -0.2) is 13.6 Å². The summed E-state index contributed by atoms with van der Waals surface area (Å²) in [6.07, 6.45) is 4.15. The van der Waals surface area contributed by atoms with E-state index in [9.17, 15) is 13.2 Å². The Morgan fingerprint density at radius 3 is 2.36 bits per heavy atom. The average Bonchev–Trinajstić information content (AvgIpc) is 2.68. The summed E-state index contributed by atoms with van der Waals surface area (Å²) in [6, 6.07) is 13.6. The van der Waals surface area contributed by atoms with Crippen LogP contribution in [0.25, 0.3) is 0 Å². The summed E-state index contributed by atoms with van der Waals surface area (Å²) < 4.78 is 23.7. The number of nitrogens with zero attached hydrogens (tertiary/aromatic N) is 1. The zero-order valence-electron chi connectivity index (χ0n) is 16.5. The van der Waals surface area contributed by atoms with Crippen LogP contribution in [0.3, 0.4) is 0 Å². The summed E-state index contributed by atoms with van der Waals surface area (Å²) in [7, 11) is -3.86. The fourth-order valence-electron chi connectivity index (χ4n) is 3.87. The number of hydrogen-bond acceptors (Lipinski definition) is 3. The van der Waals surface area contributed by atoms with E-state index in [1.54, 1.807) is 19.9 Å². The summed E-state index contributed by atoms with van der Waals surface area (Å²) in [5.74, 6) is 0.499. The number of hydrogen-bond donors (Lipinski definition) is 1. The van der Waals surface area contributed by atoms with Crippen LogP contribution in [0.4, 0.5) is 0 Å². The second-order valence-corrected chi connectivity index (χ2v) is 9.25. The summed E-state index contributed by atoms with van der Waals surface area (Å²) >= 11 is 0. The lowest BCUT2D eigenvalue weighted by atomic mass is 9.90. The molecule has 28 heavy (non-hydrogen) atoms. The van der Waals surface area contributed by atoms with Gasteiger partial charge >= 0.3 is 0 Å². The molecule has 0 aliphatic carbocycles. The van der Waals surface area contributed by atoms with Crippen molar-refractivity contribution in [1.29, 1.82) is 0 Å². The third-order valence-electron chi connectivity index (χ3n) is 5.76. The largest absolute Gasteiger partial charge is 0.339 e. The molecule has 0 bridgehead atoms. The SMILES string of the molecule is Cc1cc(C(=O)N2CCC(CCc3ccccc3)CC2)cc(S(N)(=O)=O)c1C. The molecule has 0 aromatic heterocycles. The second kappa shape index (κ2) is 8.45. The minimum absolute atomic E-state index is 0.0357. The first-order chi connectivity index (χ1) is 13.3. The molecule has 0 unspecified atom stereocenters. The number of primary sulfonamides is 1. The minimum Gasteiger partial charge on any atom is -0.339 e. The van der Waals surface area contributed by atoms with Gasteiger partial charge in [0.25, 0.3) is 5.91 Å². The van der Waals surface area contributed by atoms with Crippen LogP contribution in [0.15, 0.2) is 47.4 Å². The first-order valence-corrected chi connectivity index (χ1v) is 11.3. The Morgan fingerprint density at radius 2 is 1.75 bits per heavy atom. The Hall–Kier alpha value is -2.18. The highest BCUT2D eigenvalue weighted by Crippen LogP contribution is 2.25. The van der Waals surface area contributed by atoms with Crippen LogP contribution in [-0.4, -0.2) is 32.3 Å². The average molecular weight is 401 g/mol. The summed E-state index contributed by atoms with van der Waals surface area (Å²) in [4.78, 5) is 14.8. The number of piperidine rings is 1. The molecule has 2 N–H and O–H groups in total. The molecule has 2 aromatic rings. The van der Waals surface area contributed by atoms with E-state index in [-0.39, 0.29) is 10.8 Å².